The Morgan fingerprint density at radius 3 is 2.48 bits per heavy atom. The molecule has 0 aromatic heterocycles. The van der Waals surface area contributed by atoms with Crippen molar-refractivity contribution in [3.63, 3.8) is 0 Å². The minimum absolute atomic E-state index is 0.0976. The minimum Gasteiger partial charge on any atom is -0.459 e. The summed E-state index contributed by atoms with van der Waals surface area (Å²) in [6.07, 6.45) is 13.5. The summed E-state index contributed by atoms with van der Waals surface area (Å²) in [5.74, 6) is 0.648. The number of allylic oxidation sites excluding steroid dienone is 5. The fraction of sp³-hybridized carbons (Fsp3) is 0.667. The molecule has 0 saturated carbocycles. The summed E-state index contributed by atoms with van der Waals surface area (Å²) >= 11 is 0. The Morgan fingerprint density at radius 2 is 1.78 bits per heavy atom. The summed E-state index contributed by atoms with van der Waals surface area (Å²) in [7, 11) is 0. The van der Waals surface area contributed by atoms with E-state index in [0.29, 0.717) is 12.3 Å². The van der Waals surface area contributed by atoms with Crippen molar-refractivity contribution in [2.24, 2.45) is 11.8 Å². The van der Waals surface area contributed by atoms with Crippen molar-refractivity contribution in [1.82, 2.24) is 0 Å². The van der Waals surface area contributed by atoms with Crippen molar-refractivity contribution in [1.29, 1.82) is 0 Å². The Morgan fingerprint density at radius 1 is 1.09 bits per heavy atom. The fourth-order valence-electron chi connectivity index (χ4n) is 2.75. The van der Waals surface area contributed by atoms with Crippen molar-refractivity contribution in [3.8, 4) is 0 Å². The molecule has 1 aliphatic heterocycles. The van der Waals surface area contributed by atoms with Crippen molar-refractivity contribution >= 4 is 5.97 Å². The minimum atomic E-state index is -0.461. The molecule has 0 amide bonds. The van der Waals surface area contributed by atoms with Gasteiger partial charge in [-0.25, -0.2) is 0 Å². The average molecular weight is 319 g/mol. The molecule has 1 aliphatic rings. The molecular formula is C21H34O2. The van der Waals surface area contributed by atoms with E-state index in [9.17, 15) is 4.79 Å². The lowest BCUT2D eigenvalue weighted by Crippen LogP contribution is -2.34. The maximum absolute atomic E-state index is 12.1. The molecule has 23 heavy (non-hydrogen) atoms. The molecule has 2 atom stereocenters. The first-order valence-corrected chi connectivity index (χ1v) is 8.92. The van der Waals surface area contributed by atoms with Gasteiger partial charge in [0.1, 0.15) is 5.60 Å². The number of ether oxygens (including phenoxy) is 1. The third-order valence-corrected chi connectivity index (χ3v) is 4.73. The van der Waals surface area contributed by atoms with E-state index in [1.54, 1.807) is 0 Å². The van der Waals surface area contributed by atoms with Gasteiger partial charge in [-0.3, -0.25) is 4.79 Å². The SMILES string of the molecule is C/C1=C\[C@@H](C)C/C=C/[C@@H](C)C(C)(C)OC(=O)CC/C(C)=C/CC1. The van der Waals surface area contributed by atoms with Crippen molar-refractivity contribution in [2.45, 2.75) is 79.2 Å². The standard InChI is InChI=1S/C21H34O2/c1-16-9-7-10-17(2)15-18(3)11-8-12-19(4)21(5,6)23-20(22)14-13-16/h8-9,12,15,18-19H,7,10-11,13-14H2,1-6H3/b12-8+,16-9+,17-15+/t18-,19+/m0/s1. The van der Waals surface area contributed by atoms with E-state index < -0.39 is 5.60 Å². The molecule has 0 spiro atoms. The highest BCUT2D eigenvalue weighted by molar-refractivity contribution is 5.70. The van der Waals surface area contributed by atoms with Gasteiger partial charge in [0.25, 0.3) is 0 Å². The maximum Gasteiger partial charge on any atom is 0.306 e. The second-order valence-corrected chi connectivity index (χ2v) is 7.61. The smallest absolute Gasteiger partial charge is 0.306 e. The summed E-state index contributed by atoms with van der Waals surface area (Å²) in [6.45, 7) is 12.7. The highest BCUT2D eigenvalue weighted by atomic mass is 16.6. The van der Waals surface area contributed by atoms with Crippen molar-refractivity contribution in [3.05, 3.63) is 35.5 Å². The molecule has 0 aromatic rings. The zero-order valence-corrected chi connectivity index (χ0v) is 15.8. The molecule has 0 saturated heterocycles. The fourth-order valence-corrected chi connectivity index (χ4v) is 2.75. The number of carbonyl (C=O) groups excluding carboxylic acids is 1. The predicted molar refractivity (Wildman–Crippen MR) is 98.2 cm³/mol. The van der Waals surface area contributed by atoms with Gasteiger partial charge in [0.05, 0.1) is 0 Å². The lowest BCUT2D eigenvalue weighted by molar-refractivity contribution is -0.159. The quantitative estimate of drug-likeness (QED) is 0.405. The molecule has 0 radical (unpaired) electrons. The first kappa shape index (κ1) is 19.7. The summed E-state index contributed by atoms with van der Waals surface area (Å²) in [5, 5.41) is 0. The van der Waals surface area contributed by atoms with E-state index in [0.717, 1.165) is 25.7 Å². The van der Waals surface area contributed by atoms with Gasteiger partial charge >= 0.3 is 5.97 Å². The van der Waals surface area contributed by atoms with Crippen LogP contribution in [0.5, 0.6) is 0 Å². The van der Waals surface area contributed by atoms with Crippen molar-refractivity contribution in [2.75, 3.05) is 0 Å². The Bertz CT molecular complexity index is 480. The van der Waals surface area contributed by atoms with Crippen LogP contribution in [0.3, 0.4) is 0 Å². The van der Waals surface area contributed by atoms with Gasteiger partial charge in [0.15, 0.2) is 0 Å². The van der Waals surface area contributed by atoms with Crippen LogP contribution in [0.2, 0.25) is 0 Å². The van der Waals surface area contributed by atoms with E-state index in [2.05, 4.69) is 52.0 Å². The maximum atomic E-state index is 12.1. The van der Waals surface area contributed by atoms with Gasteiger partial charge in [0, 0.05) is 12.3 Å². The largest absolute Gasteiger partial charge is 0.459 e. The zero-order chi connectivity index (χ0) is 17.5. The summed E-state index contributed by atoms with van der Waals surface area (Å²) < 4.78 is 5.71. The lowest BCUT2D eigenvalue weighted by Gasteiger charge is -2.30. The summed E-state index contributed by atoms with van der Waals surface area (Å²) in [5.41, 5.74) is 2.27. The molecule has 0 bridgehead atoms. The van der Waals surface area contributed by atoms with E-state index in [1.807, 2.05) is 13.8 Å². The normalized spacial score (nSPS) is 33.7. The van der Waals surface area contributed by atoms with Gasteiger partial charge in [-0.1, -0.05) is 49.3 Å². The van der Waals surface area contributed by atoms with Crippen LogP contribution >= 0.6 is 0 Å². The Kier molecular flexibility index (Phi) is 7.81. The van der Waals surface area contributed by atoms with Crippen LogP contribution in [-0.4, -0.2) is 11.6 Å². The second-order valence-electron chi connectivity index (χ2n) is 7.61. The van der Waals surface area contributed by atoms with Crippen LogP contribution < -0.4 is 0 Å². The Hall–Kier alpha value is -1.31. The lowest BCUT2D eigenvalue weighted by atomic mass is 9.91. The van der Waals surface area contributed by atoms with Crippen LogP contribution in [0.4, 0.5) is 0 Å². The van der Waals surface area contributed by atoms with E-state index in [1.165, 1.54) is 11.1 Å². The first-order chi connectivity index (χ1) is 10.7. The molecule has 130 valence electrons. The first-order valence-electron chi connectivity index (χ1n) is 8.92. The van der Waals surface area contributed by atoms with Gasteiger partial charge in [-0.05, 0) is 59.3 Å². The van der Waals surface area contributed by atoms with Crippen LogP contribution in [-0.2, 0) is 9.53 Å². The zero-order valence-electron chi connectivity index (χ0n) is 15.8. The number of rotatable bonds is 0. The van der Waals surface area contributed by atoms with Crippen LogP contribution in [0.1, 0.15) is 73.6 Å². The number of cyclic esters (lactones) is 1. The third kappa shape index (κ3) is 7.67. The monoisotopic (exact) mass is 318 g/mol. The van der Waals surface area contributed by atoms with Crippen LogP contribution in [0, 0.1) is 11.8 Å². The van der Waals surface area contributed by atoms with Crippen LogP contribution in [0.15, 0.2) is 35.5 Å². The molecule has 0 unspecified atom stereocenters. The van der Waals surface area contributed by atoms with Gasteiger partial charge in [0.2, 0.25) is 0 Å². The topological polar surface area (TPSA) is 26.3 Å². The van der Waals surface area contributed by atoms with E-state index in [-0.39, 0.29) is 11.9 Å². The molecule has 0 N–H and O–H groups in total. The molecule has 1 rings (SSSR count). The number of hydrogen-bond acceptors (Lipinski definition) is 2. The second kappa shape index (κ2) is 9.10. The molecule has 0 fully saturated rings. The third-order valence-electron chi connectivity index (χ3n) is 4.73. The Labute approximate surface area is 142 Å². The number of hydrogen-bond donors (Lipinski definition) is 0. The summed E-state index contributed by atoms with van der Waals surface area (Å²) in [6, 6.07) is 0. The molecule has 0 aliphatic carbocycles. The molecule has 2 nitrogen and oxygen atoms in total. The number of esters is 1. The van der Waals surface area contributed by atoms with Crippen molar-refractivity contribution < 1.29 is 9.53 Å². The van der Waals surface area contributed by atoms with Gasteiger partial charge in [-0.15, -0.1) is 0 Å². The van der Waals surface area contributed by atoms with E-state index in [4.69, 9.17) is 4.74 Å². The summed E-state index contributed by atoms with van der Waals surface area (Å²) in [4.78, 5) is 12.1. The molecule has 0 aromatic carbocycles. The molecule has 1 heterocycles. The van der Waals surface area contributed by atoms with E-state index >= 15 is 0 Å². The molecular weight excluding hydrogens is 284 g/mol. The predicted octanol–water partition coefficient (Wildman–Crippen LogP) is 5.99. The van der Waals surface area contributed by atoms with Gasteiger partial charge < -0.3 is 4.74 Å². The highest BCUT2D eigenvalue weighted by Gasteiger charge is 2.28. The number of carbonyl (C=O) groups is 1. The van der Waals surface area contributed by atoms with Crippen LogP contribution in [0.25, 0.3) is 0 Å². The van der Waals surface area contributed by atoms with Gasteiger partial charge in [-0.2, -0.15) is 0 Å². The average Bonchev–Trinajstić information content (AvgIpc) is 2.43. The Balaban J connectivity index is 2.89. The molecule has 2 heteroatoms. The highest BCUT2D eigenvalue weighted by Crippen LogP contribution is 2.25.